The molecule has 1 aliphatic carbocycles. The lowest BCUT2D eigenvalue weighted by molar-refractivity contribution is -0.134. The number of carbonyl (C=O) groups excluding carboxylic acids is 2. The second kappa shape index (κ2) is 7.86. The van der Waals surface area contributed by atoms with Gasteiger partial charge in [0, 0.05) is 13.1 Å². The number of fused-ring (bicyclic) bond motifs is 1. The van der Waals surface area contributed by atoms with Gasteiger partial charge in [-0.3, -0.25) is 9.69 Å². The Morgan fingerprint density at radius 1 is 1.24 bits per heavy atom. The molecule has 7 heteroatoms. The van der Waals surface area contributed by atoms with Crippen molar-refractivity contribution in [2.45, 2.75) is 51.2 Å². The molecule has 1 saturated heterocycles. The number of imide groups is 1. The fourth-order valence-corrected chi connectivity index (χ4v) is 4.82. The molecule has 2 fully saturated rings. The van der Waals surface area contributed by atoms with Crippen molar-refractivity contribution in [3.63, 3.8) is 0 Å². The number of amides is 3. The molecule has 1 aromatic rings. The van der Waals surface area contributed by atoms with Crippen molar-refractivity contribution in [3.8, 4) is 5.75 Å². The molecule has 3 amide bonds. The minimum Gasteiger partial charge on any atom is -0.485 e. The van der Waals surface area contributed by atoms with Gasteiger partial charge in [-0.25, -0.2) is 9.69 Å². The summed E-state index contributed by atoms with van der Waals surface area (Å²) in [5.41, 5.74) is 0.445. The summed E-state index contributed by atoms with van der Waals surface area (Å²) in [5.74, 6) is 1.45. The lowest BCUT2D eigenvalue weighted by Gasteiger charge is -2.37. The summed E-state index contributed by atoms with van der Waals surface area (Å²) in [7, 11) is 1.94. The van der Waals surface area contributed by atoms with Gasteiger partial charge in [-0.1, -0.05) is 19.1 Å². The molecule has 0 bridgehead atoms. The third-order valence-corrected chi connectivity index (χ3v) is 6.58. The Bertz CT molecular complexity index is 775. The molecule has 3 aliphatic rings. The van der Waals surface area contributed by atoms with Crippen LogP contribution in [0.2, 0.25) is 0 Å². The zero-order chi connectivity index (χ0) is 20.6. The van der Waals surface area contributed by atoms with Crippen LogP contribution in [0, 0.1) is 5.92 Å². The normalized spacial score (nSPS) is 29.2. The highest BCUT2D eigenvalue weighted by atomic mass is 16.5. The van der Waals surface area contributed by atoms with Crippen LogP contribution < -0.4 is 15.0 Å². The number of para-hydroxylation sites is 2. The van der Waals surface area contributed by atoms with E-state index in [-0.39, 0.29) is 24.7 Å². The summed E-state index contributed by atoms with van der Waals surface area (Å²) in [6, 6.07) is 7.82. The minimum absolute atomic E-state index is 0.0138. The summed E-state index contributed by atoms with van der Waals surface area (Å²) >= 11 is 0. The van der Waals surface area contributed by atoms with E-state index >= 15 is 0 Å². The second-order valence-electron chi connectivity index (χ2n) is 8.85. The van der Waals surface area contributed by atoms with Gasteiger partial charge in [0.15, 0.2) is 0 Å². The van der Waals surface area contributed by atoms with E-state index in [9.17, 15) is 9.59 Å². The summed E-state index contributed by atoms with van der Waals surface area (Å²) in [6.07, 6.45) is 3.44. The molecule has 0 unspecified atom stereocenters. The van der Waals surface area contributed by atoms with E-state index in [0.717, 1.165) is 50.2 Å². The Balaban J connectivity index is 1.38. The van der Waals surface area contributed by atoms with Gasteiger partial charge in [-0.15, -0.1) is 0 Å². The summed E-state index contributed by atoms with van der Waals surface area (Å²) in [4.78, 5) is 31.3. The Morgan fingerprint density at radius 3 is 2.69 bits per heavy atom. The first kappa shape index (κ1) is 20.0. The first-order valence-corrected chi connectivity index (χ1v) is 10.7. The molecule has 1 N–H and O–H groups in total. The third kappa shape index (κ3) is 3.80. The molecule has 29 heavy (non-hydrogen) atoms. The van der Waals surface area contributed by atoms with Gasteiger partial charge < -0.3 is 15.0 Å². The fraction of sp³-hybridized carbons (Fsp3) is 0.636. The number of anilines is 1. The highest BCUT2D eigenvalue weighted by Crippen LogP contribution is 2.36. The molecule has 2 aliphatic heterocycles. The average molecular weight is 401 g/mol. The number of urea groups is 1. The third-order valence-electron chi connectivity index (χ3n) is 6.58. The largest absolute Gasteiger partial charge is 0.485 e. The number of benzene rings is 1. The highest BCUT2D eigenvalue weighted by molar-refractivity contribution is 6.07. The quantitative estimate of drug-likeness (QED) is 0.770. The Labute approximate surface area is 173 Å². The first-order valence-electron chi connectivity index (χ1n) is 10.7. The van der Waals surface area contributed by atoms with E-state index in [1.165, 1.54) is 4.90 Å². The van der Waals surface area contributed by atoms with Gasteiger partial charge in [-0.05, 0) is 57.7 Å². The van der Waals surface area contributed by atoms with Gasteiger partial charge in [-0.2, -0.15) is 0 Å². The first-order chi connectivity index (χ1) is 13.9. The van der Waals surface area contributed by atoms with Crippen molar-refractivity contribution in [1.29, 1.82) is 0 Å². The van der Waals surface area contributed by atoms with Crippen LogP contribution in [-0.4, -0.2) is 66.7 Å². The van der Waals surface area contributed by atoms with E-state index in [4.69, 9.17) is 4.74 Å². The fourth-order valence-electron chi connectivity index (χ4n) is 4.82. The monoisotopic (exact) mass is 400 g/mol. The van der Waals surface area contributed by atoms with Crippen LogP contribution in [0.15, 0.2) is 24.3 Å². The van der Waals surface area contributed by atoms with Gasteiger partial charge >= 0.3 is 6.03 Å². The molecule has 7 nitrogen and oxygen atoms in total. The van der Waals surface area contributed by atoms with E-state index in [2.05, 4.69) is 30.1 Å². The van der Waals surface area contributed by atoms with Crippen molar-refractivity contribution >= 4 is 17.6 Å². The van der Waals surface area contributed by atoms with Crippen LogP contribution in [0.4, 0.5) is 10.5 Å². The van der Waals surface area contributed by atoms with Crippen LogP contribution in [0.3, 0.4) is 0 Å². The lowest BCUT2D eigenvalue weighted by atomic mass is 9.77. The number of carbonyl (C=O) groups is 2. The predicted molar refractivity (Wildman–Crippen MR) is 112 cm³/mol. The van der Waals surface area contributed by atoms with Gasteiger partial charge in [0.25, 0.3) is 5.91 Å². The Kier molecular flexibility index (Phi) is 5.42. The molecule has 1 aromatic carbocycles. The standard InChI is InChI=1S/C22H32N4O3/c1-4-25-14-17(29-19-8-6-5-7-18(19)25)13-24(3)15-26-20(27)22(23-21(26)28)11-9-16(2)10-12-22/h5-8,16-17H,4,9-15H2,1-3H3,(H,23,28)/t16?,17-,22?/m0/s1. The van der Waals surface area contributed by atoms with Crippen molar-refractivity contribution < 1.29 is 14.3 Å². The van der Waals surface area contributed by atoms with Crippen LogP contribution in [0.1, 0.15) is 39.5 Å². The number of hydrogen-bond acceptors (Lipinski definition) is 5. The number of hydrogen-bond donors (Lipinski definition) is 1. The highest BCUT2D eigenvalue weighted by Gasteiger charge is 2.52. The summed E-state index contributed by atoms with van der Waals surface area (Å²) in [6.45, 7) is 6.98. The minimum atomic E-state index is -0.677. The van der Waals surface area contributed by atoms with Crippen LogP contribution in [0.25, 0.3) is 0 Å². The zero-order valence-corrected chi connectivity index (χ0v) is 17.7. The van der Waals surface area contributed by atoms with E-state index in [1.807, 2.05) is 30.1 Å². The maximum absolute atomic E-state index is 13.1. The topological polar surface area (TPSA) is 65.1 Å². The van der Waals surface area contributed by atoms with Crippen molar-refractivity contribution in [1.82, 2.24) is 15.1 Å². The van der Waals surface area contributed by atoms with Crippen LogP contribution in [-0.2, 0) is 4.79 Å². The van der Waals surface area contributed by atoms with Gasteiger partial charge in [0.2, 0.25) is 0 Å². The number of nitrogens with one attached hydrogen (secondary N) is 1. The van der Waals surface area contributed by atoms with Crippen LogP contribution >= 0.6 is 0 Å². The Hall–Kier alpha value is -2.28. The zero-order valence-electron chi connectivity index (χ0n) is 17.7. The SMILES string of the molecule is CCN1C[C@H](CN(C)CN2C(=O)NC3(CCC(C)CC3)C2=O)Oc2ccccc21. The molecule has 158 valence electrons. The number of ether oxygens (including phenoxy) is 1. The molecule has 2 heterocycles. The molecular weight excluding hydrogens is 368 g/mol. The van der Waals surface area contributed by atoms with E-state index in [1.54, 1.807) is 0 Å². The van der Waals surface area contributed by atoms with Crippen molar-refractivity contribution in [2.24, 2.45) is 5.92 Å². The summed E-state index contributed by atoms with van der Waals surface area (Å²) in [5, 5.41) is 3.00. The number of likely N-dealkylation sites (N-methyl/N-ethyl adjacent to an activating group) is 2. The second-order valence-corrected chi connectivity index (χ2v) is 8.85. The van der Waals surface area contributed by atoms with Gasteiger partial charge in [0.1, 0.15) is 17.4 Å². The molecule has 1 spiro atoms. The summed E-state index contributed by atoms with van der Waals surface area (Å²) < 4.78 is 6.19. The smallest absolute Gasteiger partial charge is 0.326 e. The molecule has 1 saturated carbocycles. The average Bonchev–Trinajstić information content (AvgIpc) is 2.94. The Morgan fingerprint density at radius 2 is 1.97 bits per heavy atom. The maximum atomic E-state index is 13.1. The molecule has 0 aromatic heterocycles. The number of nitrogens with zero attached hydrogens (tertiary/aromatic N) is 3. The maximum Gasteiger partial charge on any atom is 0.326 e. The van der Waals surface area contributed by atoms with E-state index in [0.29, 0.717) is 12.5 Å². The molecule has 4 rings (SSSR count). The lowest BCUT2D eigenvalue weighted by Crippen LogP contribution is -2.51. The van der Waals surface area contributed by atoms with E-state index < -0.39 is 5.54 Å². The molecular formula is C22H32N4O3. The molecule has 0 radical (unpaired) electrons. The predicted octanol–water partition coefficient (Wildman–Crippen LogP) is 2.66. The van der Waals surface area contributed by atoms with Crippen LogP contribution in [0.5, 0.6) is 5.75 Å². The van der Waals surface area contributed by atoms with Gasteiger partial charge in [0.05, 0.1) is 18.9 Å². The molecule has 1 atom stereocenters. The van der Waals surface area contributed by atoms with Crippen molar-refractivity contribution in [2.75, 3.05) is 38.3 Å². The van der Waals surface area contributed by atoms with Crippen molar-refractivity contribution in [3.05, 3.63) is 24.3 Å². The number of rotatable bonds is 5.